The highest BCUT2D eigenvalue weighted by molar-refractivity contribution is 7.64. The molecule has 0 aliphatic rings. The Kier molecular flexibility index (Phi) is 4.72. The average molecular weight is 262 g/mol. The third-order valence-corrected chi connectivity index (χ3v) is 6.46. The molecule has 2 aromatic carbocycles. The zero-order valence-corrected chi connectivity index (χ0v) is 12.8. The maximum Gasteiger partial charge on any atom is 0.160 e. The van der Waals surface area contributed by atoms with Crippen molar-refractivity contribution in [3.8, 4) is 0 Å². The second-order valence-corrected chi connectivity index (χ2v) is 8.50. The van der Waals surface area contributed by atoms with Gasteiger partial charge in [0, 0.05) is 0 Å². The van der Waals surface area contributed by atoms with Gasteiger partial charge in [-0.05, 0) is 38.1 Å². The Hall–Kier alpha value is -0.700. The number of benzene rings is 2. The molecule has 17 heavy (non-hydrogen) atoms. The summed E-state index contributed by atoms with van der Waals surface area (Å²) in [5, 5.41) is 3.10. The van der Waals surface area contributed by atoms with Gasteiger partial charge < -0.3 is 0 Å². The van der Waals surface area contributed by atoms with Crippen molar-refractivity contribution >= 4 is 27.8 Å². The minimum atomic E-state index is 0.458. The second-order valence-electron chi connectivity index (χ2n) is 4.47. The minimum Gasteiger partial charge on any atom is -0.0554 e. The maximum atomic E-state index is 2.29. The van der Waals surface area contributed by atoms with Gasteiger partial charge in [-0.2, -0.15) is 0 Å². The van der Waals surface area contributed by atoms with Gasteiger partial charge in [-0.3, -0.25) is 0 Å². The van der Waals surface area contributed by atoms with Crippen molar-refractivity contribution in [1.29, 1.82) is 0 Å². The van der Waals surface area contributed by atoms with E-state index in [-0.39, 0.29) is 0 Å². The zero-order chi connectivity index (χ0) is 12.1. The molecule has 0 heterocycles. The Morgan fingerprint density at radius 2 is 1.00 bits per heavy atom. The molecule has 0 nitrogen and oxygen atoms in total. The molecule has 2 aromatic rings. The van der Waals surface area contributed by atoms with E-state index >= 15 is 0 Å². The molecule has 2 atom stereocenters. The first-order valence-electron chi connectivity index (χ1n) is 6.04. The van der Waals surface area contributed by atoms with Crippen LogP contribution in [0.25, 0.3) is 0 Å². The molecule has 2 unspecified atom stereocenters. The Labute approximate surface area is 107 Å². The van der Waals surface area contributed by atoms with Crippen molar-refractivity contribution in [3.63, 3.8) is 0 Å². The summed E-state index contributed by atoms with van der Waals surface area (Å²) in [5.41, 5.74) is 2.72. The summed E-state index contributed by atoms with van der Waals surface area (Å²) >= 11 is 0. The lowest BCUT2D eigenvalue weighted by atomic mass is 10.2. The smallest absolute Gasteiger partial charge is 0.0554 e. The standard InChI is InChI=1S/C15H18P2/c1-12-3-7-14(8-4-12)16-11-17-15-9-5-13(2)6-10-15/h3-10,16-17H,11H2,1-2H3/p+2. The molecule has 0 spiro atoms. The first kappa shape index (κ1) is 12.7. The molecule has 0 amide bonds. The summed E-state index contributed by atoms with van der Waals surface area (Å²) in [4.78, 5) is 0. The molecule has 2 heteroatoms. The van der Waals surface area contributed by atoms with Crippen LogP contribution in [0, 0.1) is 13.8 Å². The van der Waals surface area contributed by atoms with Crippen molar-refractivity contribution < 1.29 is 0 Å². The molecule has 0 saturated heterocycles. The predicted molar refractivity (Wildman–Crippen MR) is 85.9 cm³/mol. The van der Waals surface area contributed by atoms with Gasteiger partial charge in [-0.15, -0.1) is 0 Å². The van der Waals surface area contributed by atoms with Crippen molar-refractivity contribution in [2.24, 2.45) is 0 Å². The number of rotatable bonds is 4. The van der Waals surface area contributed by atoms with Crippen LogP contribution in [0.5, 0.6) is 0 Å². The third kappa shape index (κ3) is 4.23. The molecular weight excluding hydrogens is 242 g/mol. The predicted octanol–water partition coefficient (Wildman–Crippen LogP) is 3.03. The van der Waals surface area contributed by atoms with Gasteiger partial charge in [0.1, 0.15) is 0 Å². The number of hydrogen-bond acceptors (Lipinski definition) is 0. The maximum absolute atomic E-state index is 2.29. The fourth-order valence-electron chi connectivity index (χ4n) is 1.74. The van der Waals surface area contributed by atoms with Crippen molar-refractivity contribution in [2.45, 2.75) is 13.8 Å². The fraction of sp³-hybridized carbons (Fsp3) is 0.200. The monoisotopic (exact) mass is 262 g/mol. The summed E-state index contributed by atoms with van der Waals surface area (Å²) < 4.78 is 0. The normalized spacial score (nSPS) is 11.9. The van der Waals surface area contributed by atoms with Crippen molar-refractivity contribution in [2.75, 3.05) is 5.90 Å². The molecular formula is C15H20P2+2. The quantitative estimate of drug-likeness (QED) is 0.743. The third-order valence-electron chi connectivity index (χ3n) is 2.86. The summed E-state index contributed by atoms with van der Waals surface area (Å²) in [6.07, 6.45) is 0. The number of hydrogen-bond donors (Lipinski definition) is 0. The lowest BCUT2D eigenvalue weighted by molar-refractivity contribution is 1.49. The van der Waals surface area contributed by atoms with Crippen LogP contribution in [-0.4, -0.2) is 5.90 Å². The van der Waals surface area contributed by atoms with Gasteiger partial charge >= 0.3 is 0 Å². The molecule has 0 aliphatic heterocycles. The number of aryl methyl sites for hydroxylation is 2. The molecule has 0 aliphatic carbocycles. The zero-order valence-electron chi connectivity index (χ0n) is 10.5. The molecule has 0 saturated carbocycles. The van der Waals surface area contributed by atoms with Crippen molar-refractivity contribution in [1.82, 2.24) is 0 Å². The highest BCUT2D eigenvalue weighted by atomic mass is 31.1. The summed E-state index contributed by atoms with van der Waals surface area (Å²) in [6.45, 7) is 4.30. The SMILES string of the molecule is Cc1ccc([PH2+]C[PH2+]c2ccc(C)cc2)cc1. The molecule has 0 bridgehead atoms. The lowest BCUT2D eigenvalue weighted by Crippen LogP contribution is -1.96. The van der Waals surface area contributed by atoms with Crippen LogP contribution in [0.15, 0.2) is 48.5 Å². The minimum absolute atomic E-state index is 0.458. The van der Waals surface area contributed by atoms with E-state index in [9.17, 15) is 0 Å². The van der Waals surface area contributed by atoms with E-state index in [4.69, 9.17) is 0 Å². The van der Waals surface area contributed by atoms with Crippen LogP contribution in [0.1, 0.15) is 11.1 Å². The summed E-state index contributed by atoms with van der Waals surface area (Å²) in [6, 6.07) is 18.1. The van der Waals surface area contributed by atoms with E-state index in [2.05, 4.69) is 62.4 Å². The molecule has 88 valence electrons. The Morgan fingerprint density at radius 3 is 1.35 bits per heavy atom. The Bertz CT molecular complexity index is 412. The van der Waals surface area contributed by atoms with Crippen molar-refractivity contribution in [3.05, 3.63) is 59.7 Å². The molecule has 0 aromatic heterocycles. The summed E-state index contributed by atoms with van der Waals surface area (Å²) in [5.74, 6) is 1.39. The second kappa shape index (κ2) is 6.29. The topological polar surface area (TPSA) is 0 Å². The van der Waals surface area contributed by atoms with Gasteiger partial charge in [0.25, 0.3) is 0 Å². The lowest BCUT2D eigenvalue weighted by Gasteiger charge is -1.95. The van der Waals surface area contributed by atoms with Crippen LogP contribution in [0.3, 0.4) is 0 Å². The highest BCUT2D eigenvalue weighted by Crippen LogP contribution is 2.23. The average Bonchev–Trinajstić information content (AvgIpc) is 2.34. The van der Waals surface area contributed by atoms with E-state index in [0.717, 1.165) is 0 Å². The van der Waals surface area contributed by atoms with E-state index < -0.39 is 0 Å². The summed E-state index contributed by atoms with van der Waals surface area (Å²) in [7, 11) is 0.917. The van der Waals surface area contributed by atoms with Gasteiger partial charge in [-0.1, -0.05) is 35.4 Å². The van der Waals surface area contributed by atoms with Crippen LogP contribution in [-0.2, 0) is 0 Å². The Balaban J connectivity index is 1.83. The van der Waals surface area contributed by atoms with E-state index in [1.807, 2.05) is 0 Å². The van der Waals surface area contributed by atoms with Crippen LogP contribution in [0.4, 0.5) is 0 Å². The first-order chi connectivity index (χ1) is 8.24. The van der Waals surface area contributed by atoms with Crippen LogP contribution in [0.2, 0.25) is 0 Å². The Morgan fingerprint density at radius 1 is 0.647 bits per heavy atom. The van der Waals surface area contributed by atoms with E-state index in [1.165, 1.54) is 17.0 Å². The van der Waals surface area contributed by atoms with Gasteiger partial charge in [0.05, 0.1) is 27.8 Å². The highest BCUT2D eigenvalue weighted by Gasteiger charge is 2.05. The van der Waals surface area contributed by atoms with Gasteiger partial charge in [-0.25, -0.2) is 0 Å². The van der Waals surface area contributed by atoms with E-state index in [1.54, 1.807) is 10.6 Å². The van der Waals surface area contributed by atoms with Gasteiger partial charge in [0.2, 0.25) is 0 Å². The largest absolute Gasteiger partial charge is 0.160 e. The van der Waals surface area contributed by atoms with Crippen LogP contribution < -0.4 is 10.6 Å². The first-order valence-corrected chi connectivity index (χ1v) is 8.82. The fourth-order valence-corrected chi connectivity index (χ4v) is 5.31. The van der Waals surface area contributed by atoms with E-state index in [0.29, 0.717) is 17.2 Å². The molecule has 0 fully saturated rings. The molecule has 0 radical (unpaired) electrons. The molecule has 2 rings (SSSR count). The van der Waals surface area contributed by atoms with Gasteiger partial charge in [0.15, 0.2) is 5.90 Å². The van der Waals surface area contributed by atoms with Crippen LogP contribution >= 0.6 is 17.2 Å². The molecule has 0 N–H and O–H groups in total.